The van der Waals surface area contributed by atoms with Gasteiger partial charge in [0.2, 0.25) is 0 Å². The Balaban J connectivity index is 1.24. The van der Waals surface area contributed by atoms with Crippen LogP contribution >= 0.6 is 11.3 Å². The summed E-state index contributed by atoms with van der Waals surface area (Å²) in [4.78, 5) is 35.2. The molecule has 3 saturated carbocycles. The number of ether oxygens (including phenoxy) is 3. The average Bonchev–Trinajstić information content (AvgIpc) is 3.42. The van der Waals surface area contributed by atoms with Gasteiger partial charge in [-0.05, 0) is 74.2 Å². The van der Waals surface area contributed by atoms with E-state index < -0.39 is 17.8 Å². The van der Waals surface area contributed by atoms with Crippen LogP contribution in [0.4, 0.5) is 0 Å². The van der Waals surface area contributed by atoms with Crippen LogP contribution < -0.4 is 11.5 Å². The van der Waals surface area contributed by atoms with Crippen molar-refractivity contribution in [2.45, 2.75) is 77.7 Å². The van der Waals surface area contributed by atoms with E-state index in [1.807, 2.05) is 11.5 Å². The number of rotatable bonds is 9. The molecule has 0 spiro atoms. The Kier molecular flexibility index (Phi) is 8.71. The molecule has 236 valence electrons. The molecular formula is C32H46N4O6S. The lowest BCUT2D eigenvalue weighted by molar-refractivity contribution is -0.223. The third-order valence-electron chi connectivity index (χ3n) is 11.2. The number of ketones is 1. The van der Waals surface area contributed by atoms with E-state index >= 15 is 0 Å². The van der Waals surface area contributed by atoms with Gasteiger partial charge < -0.3 is 30.8 Å². The van der Waals surface area contributed by atoms with E-state index in [4.69, 9.17) is 25.7 Å². The summed E-state index contributed by atoms with van der Waals surface area (Å²) in [6, 6.07) is 0. The molecule has 6 rings (SSSR count). The molecule has 1 aromatic rings. The van der Waals surface area contributed by atoms with Crippen molar-refractivity contribution >= 4 is 29.0 Å². The summed E-state index contributed by atoms with van der Waals surface area (Å²) in [7, 11) is 1.74. The molecule has 10 nitrogen and oxygen atoms in total. The standard InChI is InChI=1S/C32H46N4O6S/c1-16(2)8-17-4-5-20-19-6-7-22-21-13-41-15-32(22,23(19)9-24(37)28(20)27(17)30(38)39)10-25(40-3)29(21)42-12-18-14-43-26(36-18)11-35-31(33)34/h9,14,16-17,19-22,25,27-29H,4-8,10-13,15H2,1-3H3,(H,38,39)(H4,33,34,35)/t17?,19?,20?,21?,22?,25-,27?,28?,29-,32-/m1/s1. The monoisotopic (exact) mass is 614 g/mol. The molecule has 4 aliphatic carbocycles. The molecule has 0 aromatic carbocycles. The number of nitrogens with zero attached hydrogens (tertiary/aromatic N) is 2. The van der Waals surface area contributed by atoms with Gasteiger partial charge in [-0.1, -0.05) is 19.4 Å². The van der Waals surface area contributed by atoms with Gasteiger partial charge in [-0.2, -0.15) is 0 Å². The van der Waals surface area contributed by atoms with Gasteiger partial charge in [0.25, 0.3) is 0 Å². The van der Waals surface area contributed by atoms with E-state index in [2.05, 4.69) is 23.8 Å². The number of carbonyl (C=O) groups is 2. The van der Waals surface area contributed by atoms with Gasteiger partial charge in [0, 0.05) is 29.7 Å². The number of guanidine groups is 1. The molecule has 1 aromatic heterocycles. The number of carboxylic acid groups (broad SMARTS) is 1. The maximum absolute atomic E-state index is 14.0. The van der Waals surface area contributed by atoms with Gasteiger partial charge in [-0.3, -0.25) is 9.59 Å². The Morgan fingerprint density at radius 1 is 1.26 bits per heavy atom. The number of aliphatic carboxylic acids is 1. The summed E-state index contributed by atoms with van der Waals surface area (Å²) < 4.78 is 19.0. The zero-order chi connectivity index (χ0) is 30.5. The number of hydrogen-bond acceptors (Lipinski definition) is 8. The van der Waals surface area contributed by atoms with E-state index in [1.54, 1.807) is 7.11 Å². The smallest absolute Gasteiger partial charge is 0.307 e. The third kappa shape index (κ3) is 5.55. The van der Waals surface area contributed by atoms with Crippen molar-refractivity contribution in [2.24, 2.45) is 69.2 Å². The Labute approximate surface area is 257 Å². The van der Waals surface area contributed by atoms with Crippen LogP contribution in [0, 0.1) is 52.8 Å². The van der Waals surface area contributed by atoms with Crippen molar-refractivity contribution in [3.8, 4) is 0 Å². The van der Waals surface area contributed by atoms with Crippen molar-refractivity contribution in [1.82, 2.24) is 4.98 Å². The van der Waals surface area contributed by atoms with E-state index in [1.165, 1.54) is 16.9 Å². The second kappa shape index (κ2) is 12.2. The third-order valence-corrected chi connectivity index (χ3v) is 12.0. The molecule has 0 radical (unpaired) electrons. The Morgan fingerprint density at radius 2 is 2.07 bits per heavy atom. The molecule has 43 heavy (non-hydrogen) atoms. The first-order valence-corrected chi connectivity index (χ1v) is 16.7. The molecule has 5 aliphatic rings. The summed E-state index contributed by atoms with van der Waals surface area (Å²) >= 11 is 1.50. The molecule has 11 heteroatoms. The summed E-state index contributed by atoms with van der Waals surface area (Å²) in [5, 5.41) is 13.1. The highest BCUT2D eigenvalue weighted by atomic mass is 32.1. The minimum atomic E-state index is -0.806. The van der Waals surface area contributed by atoms with Crippen molar-refractivity contribution < 1.29 is 28.9 Å². The fourth-order valence-corrected chi connectivity index (χ4v) is 10.4. The number of nitrogens with two attached hydrogens (primary N) is 2. The zero-order valence-electron chi connectivity index (χ0n) is 25.4. The topological polar surface area (TPSA) is 159 Å². The van der Waals surface area contributed by atoms with Crippen molar-refractivity contribution in [1.29, 1.82) is 0 Å². The van der Waals surface area contributed by atoms with Gasteiger partial charge in [0.05, 0.1) is 50.2 Å². The normalized spacial score (nSPS) is 38.5. The predicted molar refractivity (Wildman–Crippen MR) is 162 cm³/mol. The number of aliphatic imine (C=N–C) groups is 1. The molecule has 10 atom stereocenters. The van der Waals surface area contributed by atoms with Crippen LogP contribution in [0.1, 0.15) is 63.1 Å². The first-order chi connectivity index (χ1) is 20.6. The number of methoxy groups -OCH3 is 1. The fourth-order valence-electron chi connectivity index (χ4n) is 9.70. The first kappa shape index (κ1) is 30.7. The van der Waals surface area contributed by atoms with Gasteiger partial charge in [0.1, 0.15) is 5.01 Å². The molecule has 2 heterocycles. The van der Waals surface area contributed by atoms with Crippen molar-refractivity contribution in [3.05, 3.63) is 27.7 Å². The van der Waals surface area contributed by atoms with Gasteiger partial charge >= 0.3 is 5.97 Å². The van der Waals surface area contributed by atoms with Crippen LogP contribution in [0.5, 0.6) is 0 Å². The van der Waals surface area contributed by atoms with Crippen molar-refractivity contribution in [3.63, 3.8) is 0 Å². The van der Waals surface area contributed by atoms with Crippen LogP contribution in [-0.2, 0) is 37.0 Å². The number of fused-ring (bicyclic) bond motifs is 3. The SMILES string of the molecule is CO[C@@H]1C[C@@]23COCC(C2CCC2C3=CC(=O)C3C2CCC(CC(C)C)C3C(=O)O)[C@H]1OCc1csc(CN=C(N)N)n1. The summed E-state index contributed by atoms with van der Waals surface area (Å²) in [5.74, 6) is -0.550. The lowest BCUT2D eigenvalue weighted by Gasteiger charge is -2.63. The Bertz CT molecular complexity index is 1280. The van der Waals surface area contributed by atoms with E-state index in [0.29, 0.717) is 38.2 Å². The highest BCUT2D eigenvalue weighted by Gasteiger charge is 2.63. The molecule has 4 fully saturated rings. The summed E-state index contributed by atoms with van der Waals surface area (Å²) in [6.07, 6.45) is 6.96. The number of allylic oxidation sites excluding steroid dienone is 1. The minimum Gasteiger partial charge on any atom is -0.481 e. The quantitative estimate of drug-likeness (QED) is 0.278. The van der Waals surface area contributed by atoms with E-state index in [9.17, 15) is 14.7 Å². The average molecular weight is 615 g/mol. The second-order valence-electron chi connectivity index (χ2n) is 13.9. The van der Waals surface area contributed by atoms with Crippen LogP contribution in [-0.4, -0.2) is 60.3 Å². The molecule has 5 N–H and O–H groups in total. The first-order valence-electron chi connectivity index (χ1n) is 15.8. The Hall–Kier alpha value is -2.34. The van der Waals surface area contributed by atoms with Gasteiger partial charge in [0.15, 0.2) is 11.7 Å². The maximum atomic E-state index is 14.0. The molecule has 1 saturated heterocycles. The number of thiazole rings is 1. The molecule has 0 amide bonds. The van der Waals surface area contributed by atoms with Crippen LogP contribution in [0.3, 0.4) is 0 Å². The number of carboxylic acids is 1. The number of carbonyl (C=O) groups excluding carboxylic acids is 1. The van der Waals surface area contributed by atoms with E-state index in [0.717, 1.165) is 49.2 Å². The minimum absolute atomic E-state index is 0.0154. The fraction of sp³-hybridized carbons (Fsp3) is 0.750. The van der Waals surface area contributed by atoms with E-state index in [-0.39, 0.29) is 53.0 Å². The highest BCUT2D eigenvalue weighted by Crippen LogP contribution is 2.64. The largest absolute Gasteiger partial charge is 0.481 e. The summed E-state index contributed by atoms with van der Waals surface area (Å²) in [6.45, 7) is 6.16. The summed E-state index contributed by atoms with van der Waals surface area (Å²) in [5.41, 5.74) is 12.7. The molecule has 7 unspecified atom stereocenters. The molecule has 1 aliphatic heterocycles. The lowest BCUT2D eigenvalue weighted by atomic mass is 9.45. The lowest BCUT2D eigenvalue weighted by Crippen LogP contribution is -2.64. The highest BCUT2D eigenvalue weighted by molar-refractivity contribution is 7.09. The van der Waals surface area contributed by atoms with Crippen LogP contribution in [0.15, 0.2) is 22.0 Å². The van der Waals surface area contributed by atoms with Crippen LogP contribution in [0.25, 0.3) is 0 Å². The second-order valence-corrected chi connectivity index (χ2v) is 14.8. The van der Waals surface area contributed by atoms with Gasteiger partial charge in [-0.15, -0.1) is 11.3 Å². The van der Waals surface area contributed by atoms with Gasteiger partial charge in [-0.25, -0.2) is 9.98 Å². The number of hydrogen-bond donors (Lipinski definition) is 3. The number of aromatic nitrogens is 1. The Morgan fingerprint density at radius 3 is 2.79 bits per heavy atom. The maximum Gasteiger partial charge on any atom is 0.307 e. The molecule has 2 bridgehead atoms. The van der Waals surface area contributed by atoms with Crippen molar-refractivity contribution in [2.75, 3.05) is 20.3 Å². The zero-order valence-corrected chi connectivity index (χ0v) is 26.3. The molecular weight excluding hydrogens is 568 g/mol. The van der Waals surface area contributed by atoms with Crippen LogP contribution in [0.2, 0.25) is 0 Å². The predicted octanol–water partition coefficient (Wildman–Crippen LogP) is 3.78.